The van der Waals surface area contributed by atoms with Gasteiger partial charge in [-0.2, -0.15) is 10.5 Å². The Hall–Kier alpha value is 2.53. The summed E-state index contributed by atoms with van der Waals surface area (Å²) >= 11 is 12.9. The predicted octanol–water partition coefficient (Wildman–Crippen LogP) is 9.62. The van der Waals surface area contributed by atoms with Crippen molar-refractivity contribution in [2.45, 2.75) is 107 Å². The van der Waals surface area contributed by atoms with E-state index in [-0.39, 0.29) is 0 Å². The van der Waals surface area contributed by atoms with Gasteiger partial charge in [-0.15, -0.1) is 0 Å². The van der Waals surface area contributed by atoms with E-state index < -0.39 is 0 Å². The normalized spacial score (nSPS) is 37.2. The van der Waals surface area contributed by atoms with Gasteiger partial charge in [0.05, 0.1) is 0 Å². The van der Waals surface area contributed by atoms with E-state index in [2.05, 4.69) is 114 Å². The molecule has 32 heavy (non-hydrogen) atoms. The second kappa shape index (κ2) is 23.9. The molecular weight excluding hydrogens is 649 g/mol. The fourth-order valence-corrected chi connectivity index (χ4v) is 4.79. The zero-order valence-corrected chi connectivity index (χ0v) is 29.8. The third kappa shape index (κ3) is 17.9. The van der Waals surface area contributed by atoms with Crippen molar-refractivity contribution in [2.24, 2.45) is 59.2 Å². The number of rotatable bonds is 0. The summed E-state index contributed by atoms with van der Waals surface area (Å²) in [6.07, 6.45) is 0. The first-order valence-electron chi connectivity index (χ1n) is 12.2. The van der Waals surface area contributed by atoms with E-state index in [1.807, 2.05) is 62.3 Å². The number of halogens is 2. The van der Waals surface area contributed by atoms with Crippen molar-refractivity contribution in [2.75, 3.05) is 0 Å². The fraction of sp³-hybridized carbons (Fsp3) is 1.00. The molecule has 0 nitrogen and oxygen atoms in total. The maximum atomic E-state index is 4.62. The van der Waals surface area contributed by atoms with Gasteiger partial charge < -0.3 is 25.3 Å². The monoisotopic (exact) mass is 704 g/mol. The number of hydrogen-bond acceptors (Lipinski definition) is 2. The van der Waals surface area contributed by atoms with Crippen molar-refractivity contribution in [3.8, 4) is 0 Å². The summed E-state index contributed by atoms with van der Waals surface area (Å²) in [5.74, 6) is 9.35. The van der Waals surface area contributed by atoms with Crippen LogP contribution in [-0.2, 0) is 59.9 Å². The first kappa shape index (κ1) is 41.6. The van der Waals surface area contributed by atoms with Crippen LogP contribution in [0.15, 0.2) is 0 Å². The van der Waals surface area contributed by atoms with E-state index in [1.165, 1.54) is 0 Å². The molecule has 0 aliphatic heterocycles. The quantitative estimate of drug-likeness (QED) is 0.182. The van der Waals surface area contributed by atoms with Crippen LogP contribution in [0.4, 0.5) is 0 Å². The van der Waals surface area contributed by atoms with Crippen LogP contribution in [0.5, 0.6) is 0 Å². The Bertz CT molecular complexity index is 269. The summed E-state index contributed by atoms with van der Waals surface area (Å²) in [6, 6.07) is 0. The topological polar surface area (TPSA) is 0 Å². The van der Waals surface area contributed by atoms with Gasteiger partial charge in [-0.25, -0.2) is 0 Å². The molecule has 0 aromatic rings. The Balaban J connectivity index is -0.000000167. The molecule has 0 unspecified atom stereocenters. The van der Waals surface area contributed by atoms with Crippen LogP contribution in [0.2, 0.25) is 0 Å². The van der Waals surface area contributed by atoms with Gasteiger partial charge in [0, 0.05) is 0 Å². The molecule has 0 aromatic heterocycles. The van der Waals surface area contributed by atoms with E-state index in [1.54, 1.807) is 0 Å². The van der Waals surface area contributed by atoms with Crippen LogP contribution < -0.4 is 0 Å². The standard InChI is InChI=1S/2C10H20.2C3H8S.2ClH.2Ru/c2*1-6-7(2)9(4)10(5)8(6)3;2*1-3(2)4;;;;/h2*6-10H,1-5H3;2*3-4H,1-2H3;2*1H;;/q;;;;;;2*+3/p-4. The molecule has 0 aromatic carbocycles. The molecule has 2 aliphatic rings. The molecule has 2 rings (SSSR count). The fourth-order valence-electron chi connectivity index (χ4n) is 4.79. The molecule has 0 saturated heterocycles. The molecule has 2 saturated carbocycles. The zero-order valence-electron chi connectivity index (χ0n) is 23.2. The van der Waals surface area contributed by atoms with Crippen molar-refractivity contribution in [3.63, 3.8) is 0 Å². The summed E-state index contributed by atoms with van der Waals surface area (Å²) in [6.45, 7) is 31.9. The first-order valence-corrected chi connectivity index (χ1v) is 17.6. The van der Waals surface area contributed by atoms with Gasteiger partial charge >= 0.3 is 54.0 Å². The molecule has 0 bridgehead atoms. The van der Waals surface area contributed by atoms with Crippen LogP contribution in [0, 0.1) is 59.2 Å². The molecule has 0 spiro atoms. The Kier molecular flexibility index (Phi) is 31.1. The van der Waals surface area contributed by atoms with E-state index >= 15 is 0 Å². The molecule has 0 atom stereocenters. The molecule has 2 aliphatic carbocycles. The van der Waals surface area contributed by atoms with Crippen molar-refractivity contribution < 1.29 is 34.6 Å². The maximum absolute atomic E-state index is 4.62. The summed E-state index contributed by atoms with van der Waals surface area (Å²) in [5, 5.41) is 0.833. The Morgan fingerprint density at radius 3 is 0.438 bits per heavy atom. The minimum atomic E-state index is 0.417. The molecule has 0 amide bonds. The average Bonchev–Trinajstić information content (AvgIpc) is 3.01. The van der Waals surface area contributed by atoms with Gasteiger partial charge in [0.1, 0.15) is 0 Å². The van der Waals surface area contributed by atoms with E-state index in [4.69, 9.17) is 0 Å². The van der Waals surface area contributed by atoms with Crippen LogP contribution in [0.3, 0.4) is 0 Å². The number of hydrogen-bond donors (Lipinski definition) is 0. The Morgan fingerprint density at radius 2 is 0.406 bits per heavy atom. The second-order valence-electron chi connectivity index (χ2n) is 10.7. The van der Waals surface area contributed by atoms with E-state index in [0.29, 0.717) is 10.5 Å². The summed E-state index contributed by atoms with van der Waals surface area (Å²) < 4.78 is 0. The molecule has 198 valence electrons. The van der Waals surface area contributed by atoms with Gasteiger partial charge in [-0.3, -0.25) is 0 Å². The minimum absolute atomic E-state index is 0.417. The average molecular weight is 704 g/mol. The van der Waals surface area contributed by atoms with Crippen LogP contribution >= 0.6 is 19.4 Å². The molecule has 6 heteroatoms. The Morgan fingerprint density at radius 1 is 0.375 bits per heavy atom. The van der Waals surface area contributed by atoms with E-state index in [9.17, 15) is 0 Å². The SMILES string of the molecule is CC(C)[S-].CC(C)[S-].CC1C(C)C(C)C(C)C1C.CC1C(C)C(C)C(C)C1C.[Cl][Ru+2].[Cl][Ru+2]. The molecule has 2 fully saturated rings. The second-order valence-corrected chi connectivity index (χ2v) is 12.6. The van der Waals surface area contributed by atoms with Crippen molar-refractivity contribution in [3.05, 3.63) is 0 Å². The predicted molar refractivity (Wildman–Crippen MR) is 148 cm³/mol. The van der Waals surface area contributed by atoms with Crippen LogP contribution in [0.25, 0.3) is 0 Å². The van der Waals surface area contributed by atoms with Gasteiger partial charge in [0.2, 0.25) is 0 Å². The van der Waals surface area contributed by atoms with Crippen molar-refractivity contribution in [1.82, 2.24) is 0 Å². The van der Waals surface area contributed by atoms with Crippen LogP contribution in [-0.4, -0.2) is 10.5 Å². The molecule has 0 radical (unpaired) electrons. The van der Waals surface area contributed by atoms with Gasteiger partial charge in [-0.05, 0) is 59.2 Å². The molecule has 0 N–H and O–H groups in total. The van der Waals surface area contributed by atoms with Crippen molar-refractivity contribution >= 4 is 44.6 Å². The Labute approximate surface area is 243 Å². The molecular formula is C26H54Cl2Ru2S2+2. The first-order chi connectivity index (χ1) is 14.6. The zero-order chi connectivity index (χ0) is 26.9. The van der Waals surface area contributed by atoms with Gasteiger partial charge in [0.25, 0.3) is 0 Å². The summed E-state index contributed by atoms with van der Waals surface area (Å²) in [7, 11) is 9.14. The van der Waals surface area contributed by atoms with Crippen LogP contribution in [0.1, 0.15) is 96.9 Å². The third-order valence-corrected chi connectivity index (χ3v) is 8.29. The summed E-state index contributed by atoms with van der Waals surface area (Å²) in [4.78, 5) is 0. The van der Waals surface area contributed by atoms with E-state index in [0.717, 1.165) is 59.2 Å². The van der Waals surface area contributed by atoms with Crippen molar-refractivity contribution in [1.29, 1.82) is 0 Å². The third-order valence-electron chi connectivity index (χ3n) is 8.29. The van der Waals surface area contributed by atoms with Gasteiger partial charge in [0.15, 0.2) is 0 Å². The molecule has 0 heterocycles. The summed E-state index contributed by atoms with van der Waals surface area (Å²) in [5.41, 5.74) is 0. The van der Waals surface area contributed by atoms with Gasteiger partial charge in [-0.1, -0.05) is 96.9 Å².